The summed E-state index contributed by atoms with van der Waals surface area (Å²) in [6, 6.07) is 12.9. The summed E-state index contributed by atoms with van der Waals surface area (Å²) >= 11 is 5.22. The van der Waals surface area contributed by atoms with Gasteiger partial charge in [-0.25, -0.2) is 4.39 Å². The van der Waals surface area contributed by atoms with E-state index in [0.29, 0.717) is 10.8 Å². The van der Waals surface area contributed by atoms with Crippen molar-refractivity contribution in [1.29, 1.82) is 0 Å². The zero-order valence-corrected chi connectivity index (χ0v) is 11.1. The molecule has 98 valence electrons. The average Bonchev–Trinajstić information content (AvgIpc) is 2.41. The number of hydrogen-bond acceptors (Lipinski definition) is 2. The van der Waals surface area contributed by atoms with Gasteiger partial charge in [0.15, 0.2) is 5.11 Å². The third kappa shape index (κ3) is 3.20. The van der Waals surface area contributed by atoms with Gasteiger partial charge in [0, 0.05) is 12.7 Å². The molecule has 0 aliphatic rings. The lowest BCUT2D eigenvalue weighted by molar-refractivity contribution is 0.475. The van der Waals surface area contributed by atoms with E-state index in [-0.39, 0.29) is 11.6 Å². The maximum atomic E-state index is 13.5. The fraction of sp³-hybridized carbons (Fsp3) is 0.0714. The molecule has 0 aliphatic carbocycles. The summed E-state index contributed by atoms with van der Waals surface area (Å²) in [6.45, 7) is 0. The summed E-state index contributed by atoms with van der Waals surface area (Å²) in [5.74, 6) is -0.172. The first-order valence-electron chi connectivity index (χ1n) is 5.66. The molecule has 0 aromatic heterocycles. The van der Waals surface area contributed by atoms with Gasteiger partial charge in [0.25, 0.3) is 0 Å². The average molecular weight is 276 g/mol. The van der Waals surface area contributed by atoms with Gasteiger partial charge >= 0.3 is 0 Å². The Morgan fingerprint density at radius 3 is 2.42 bits per heavy atom. The van der Waals surface area contributed by atoms with Crippen LogP contribution in [0.4, 0.5) is 15.8 Å². The van der Waals surface area contributed by atoms with Gasteiger partial charge in [0.2, 0.25) is 0 Å². The predicted octanol–water partition coefficient (Wildman–Crippen LogP) is 3.36. The molecule has 2 aromatic carbocycles. The third-order valence-electron chi connectivity index (χ3n) is 2.66. The van der Waals surface area contributed by atoms with E-state index in [1.165, 1.54) is 6.07 Å². The second kappa shape index (κ2) is 5.67. The molecule has 2 aromatic rings. The van der Waals surface area contributed by atoms with E-state index in [1.807, 2.05) is 0 Å². The van der Waals surface area contributed by atoms with Crippen molar-refractivity contribution < 1.29 is 9.50 Å². The van der Waals surface area contributed by atoms with E-state index in [9.17, 15) is 9.50 Å². The van der Waals surface area contributed by atoms with Crippen LogP contribution >= 0.6 is 12.2 Å². The normalized spacial score (nSPS) is 10.0. The van der Waals surface area contributed by atoms with Crippen LogP contribution in [0.2, 0.25) is 0 Å². The highest BCUT2D eigenvalue weighted by Crippen LogP contribution is 2.19. The number of hydrogen-bond donors (Lipinski definition) is 2. The number of anilines is 2. The maximum absolute atomic E-state index is 13.5. The van der Waals surface area contributed by atoms with Crippen LogP contribution < -0.4 is 10.2 Å². The number of aromatic hydroxyl groups is 1. The topological polar surface area (TPSA) is 35.5 Å². The molecule has 0 atom stereocenters. The van der Waals surface area contributed by atoms with Crippen LogP contribution in [0.25, 0.3) is 0 Å². The molecule has 3 nitrogen and oxygen atoms in total. The van der Waals surface area contributed by atoms with Gasteiger partial charge in [-0.05, 0) is 48.6 Å². The Kier molecular flexibility index (Phi) is 3.97. The van der Waals surface area contributed by atoms with E-state index in [4.69, 9.17) is 12.2 Å². The second-order valence-corrected chi connectivity index (χ2v) is 4.37. The number of thiocarbonyl (C=S) groups is 1. The van der Waals surface area contributed by atoms with Gasteiger partial charge < -0.3 is 15.3 Å². The van der Waals surface area contributed by atoms with Gasteiger partial charge in [-0.3, -0.25) is 0 Å². The lowest BCUT2D eigenvalue weighted by Gasteiger charge is -2.21. The van der Waals surface area contributed by atoms with Crippen LogP contribution in [0.3, 0.4) is 0 Å². The molecule has 0 amide bonds. The lowest BCUT2D eigenvalue weighted by atomic mass is 10.3. The summed E-state index contributed by atoms with van der Waals surface area (Å²) in [5.41, 5.74) is 1.13. The van der Waals surface area contributed by atoms with Crippen LogP contribution in [-0.4, -0.2) is 17.3 Å². The zero-order chi connectivity index (χ0) is 13.8. The van der Waals surface area contributed by atoms with E-state index in [1.54, 1.807) is 54.4 Å². The number of para-hydroxylation sites is 1. The van der Waals surface area contributed by atoms with Gasteiger partial charge in [0.1, 0.15) is 11.6 Å². The smallest absolute Gasteiger partial charge is 0.177 e. The molecule has 0 radical (unpaired) electrons. The Morgan fingerprint density at radius 1 is 1.16 bits per heavy atom. The molecule has 0 unspecified atom stereocenters. The van der Waals surface area contributed by atoms with Crippen molar-refractivity contribution in [3.8, 4) is 5.75 Å². The fourth-order valence-corrected chi connectivity index (χ4v) is 1.77. The van der Waals surface area contributed by atoms with E-state index in [2.05, 4.69) is 5.32 Å². The van der Waals surface area contributed by atoms with E-state index in [0.717, 1.165) is 5.69 Å². The SMILES string of the molecule is CN(C(=S)Nc1ccccc1F)c1ccc(O)cc1. The summed E-state index contributed by atoms with van der Waals surface area (Å²) in [4.78, 5) is 1.70. The first-order chi connectivity index (χ1) is 9.08. The third-order valence-corrected chi connectivity index (χ3v) is 3.03. The summed E-state index contributed by atoms with van der Waals surface area (Å²) in [5, 5.41) is 12.4. The van der Waals surface area contributed by atoms with Crippen molar-refractivity contribution in [1.82, 2.24) is 0 Å². The van der Waals surface area contributed by atoms with E-state index >= 15 is 0 Å². The maximum Gasteiger partial charge on any atom is 0.177 e. The van der Waals surface area contributed by atoms with Crippen molar-refractivity contribution in [3.05, 3.63) is 54.3 Å². The molecule has 0 fully saturated rings. The highest BCUT2D eigenvalue weighted by atomic mass is 32.1. The molecular formula is C14H13FN2OS. The Labute approximate surface area is 116 Å². The standard InChI is InChI=1S/C14H13FN2OS/c1-17(10-6-8-11(18)9-7-10)14(19)16-13-5-3-2-4-12(13)15/h2-9,18H,1H3,(H,16,19). The Bertz CT molecular complexity index is 586. The molecule has 0 aliphatic heterocycles. The number of nitrogens with one attached hydrogen (secondary N) is 1. The first-order valence-corrected chi connectivity index (χ1v) is 6.07. The molecule has 0 saturated carbocycles. The number of nitrogens with zero attached hydrogens (tertiary/aromatic N) is 1. The molecule has 0 heterocycles. The minimum atomic E-state index is -0.357. The Morgan fingerprint density at radius 2 is 1.79 bits per heavy atom. The van der Waals surface area contributed by atoms with Crippen molar-refractivity contribution in [3.63, 3.8) is 0 Å². The van der Waals surface area contributed by atoms with Crippen LogP contribution in [0.15, 0.2) is 48.5 Å². The molecule has 0 spiro atoms. The monoisotopic (exact) mass is 276 g/mol. The number of phenols is 1. The zero-order valence-electron chi connectivity index (χ0n) is 10.3. The van der Waals surface area contributed by atoms with Gasteiger partial charge in [-0.2, -0.15) is 0 Å². The van der Waals surface area contributed by atoms with Crippen molar-refractivity contribution >= 4 is 28.7 Å². The van der Waals surface area contributed by atoms with Gasteiger partial charge in [-0.15, -0.1) is 0 Å². The second-order valence-electron chi connectivity index (χ2n) is 3.99. The molecule has 0 bridgehead atoms. The lowest BCUT2D eigenvalue weighted by Crippen LogP contribution is -2.31. The quantitative estimate of drug-likeness (QED) is 0.824. The summed E-state index contributed by atoms with van der Waals surface area (Å²) < 4.78 is 13.5. The number of benzene rings is 2. The van der Waals surface area contributed by atoms with Crippen LogP contribution in [0.5, 0.6) is 5.75 Å². The number of rotatable bonds is 2. The van der Waals surface area contributed by atoms with Crippen LogP contribution in [-0.2, 0) is 0 Å². The molecular weight excluding hydrogens is 263 g/mol. The minimum Gasteiger partial charge on any atom is -0.508 e. The fourth-order valence-electron chi connectivity index (χ4n) is 1.56. The molecule has 2 N–H and O–H groups in total. The molecule has 5 heteroatoms. The van der Waals surface area contributed by atoms with Crippen molar-refractivity contribution in [2.45, 2.75) is 0 Å². The summed E-state index contributed by atoms with van der Waals surface area (Å²) in [7, 11) is 1.77. The molecule has 19 heavy (non-hydrogen) atoms. The van der Waals surface area contributed by atoms with Crippen molar-refractivity contribution in [2.75, 3.05) is 17.3 Å². The highest BCUT2D eigenvalue weighted by molar-refractivity contribution is 7.80. The van der Waals surface area contributed by atoms with Crippen molar-refractivity contribution in [2.24, 2.45) is 0 Å². The Hall–Kier alpha value is -2.14. The van der Waals surface area contributed by atoms with Gasteiger partial charge in [0.05, 0.1) is 5.69 Å². The molecule has 0 saturated heterocycles. The van der Waals surface area contributed by atoms with E-state index < -0.39 is 0 Å². The molecule has 2 rings (SSSR count). The minimum absolute atomic E-state index is 0.185. The van der Waals surface area contributed by atoms with Gasteiger partial charge in [-0.1, -0.05) is 12.1 Å². The highest BCUT2D eigenvalue weighted by Gasteiger charge is 2.09. The largest absolute Gasteiger partial charge is 0.508 e. The first kappa shape index (κ1) is 13.3. The number of halogens is 1. The van der Waals surface area contributed by atoms with Crippen LogP contribution in [0, 0.1) is 5.82 Å². The Balaban J connectivity index is 2.12. The van der Waals surface area contributed by atoms with Crippen LogP contribution in [0.1, 0.15) is 0 Å². The summed E-state index contributed by atoms with van der Waals surface area (Å²) in [6.07, 6.45) is 0. The predicted molar refractivity (Wildman–Crippen MR) is 79.1 cm³/mol. The number of phenolic OH excluding ortho intramolecular Hbond substituents is 1.